The van der Waals surface area contributed by atoms with E-state index in [0.717, 1.165) is 29.5 Å². The number of fused-ring (bicyclic) bond motifs is 1. The summed E-state index contributed by atoms with van der Waals surface area (Å²) >= 11 is 0. The molecule has 2 unspecified atom stereocenters. The van der Waals surface area contributed by atoms with Crippen molar-refractivity contribution in [3.63, 3.8) is 0 Å². The second-order valence-corrected chi connectivity index (χ2v) is 6.51. The normalized spacial score (nSPS) is 26.4. The van der Waals surface area contributed by atoms with E-state index in [9.17, 15) is 8.78 Å². The van der Waals surface area contributed by atoms with Gasteiger partial charge in [-0.1, -0.05) is 0 Å². The largest absolute Gasteiger partial charge is 0.370 e. The van der Waals surface area contributed by atoms with Crippen LogP contribution >= 0.6 is 0 Å². The van der Waals surface area contributed by atoms with Gasteiger partial charge in [0, 0.05) is 36.3 Å². The highest BCUT2D eigenvalue weighted by molar-refractivity contribution is 5.36. The number of rotatable bonds is 2. The summed E-state index contributed by atoms with van der Waals surface area (Å²) in [6.07, 6.45) is -0.0711. The molecule has 1 saturated heterocycles. The van der Waals surface area contributed by atoms with Crippen molar-refractivity contribution in [2.24, 2.45) is 5.73 Å². The molecule has 2 aliphatic rings. The highest BCUT2D eigenvalue weighted by Gasteiger charge is 2.37. The third kappa shape index (κ3) is 2.80. The number of nitriles is 1. The fraction of sp³-hybridized carbons (Fsp3) is 0.412. The lowest BCUT2D eigenvalue weighted by Crippen LogP contribution is -2.47. The molecule has 25 heavy (non-hydrogen) atoms. The molecule has 1 aromatic heterocycles. The van der Waals surface area contributed by atoms with Crippen molar-refractivity contribution in [1.29, 1.82) is 5.26 Å². The van der Waals surface area contributed by atoms with E-state index in [-0.39, 0.29) is 11.6 Å². The van der Waals surface area contributed by atoms with Crippen LogP contribution in [-0.2, 0) is 17.8 Å². The summed E-state index contributed by atoms with van der Waals surface area (Å²) < 4.78 is 33.2. The quantitative estimate of drug-likeness (QED) is 0.865. The van der Waals surface area contributed by atoms with Gasteiger partial charge in [-0.25, -0.2) is 8.78 Å². The summed E-state index contributed by atoms with van der Waals surface area (Å²) in [4.78, 5) is 2.16. The number of H-pyrrole nitrogens is 1. The molecule has 130 valence electrons. The second-order valence-electron chi connectivity index (χ2n) is 6.51. The fourth-order valence-corrected chi connectivity index (χ4v) is 3.66. The molecule has 3 N–H and O–H groups in total. The van der Waals surface area contributed by atoms with E-state index in [4.69, 9.17) is 15.7 Å². The van der Waals surface area contributed by atoms with E-state index in [2.05, 4.69) is 21.2 Å². The first kappa shape index (κ1) is 16.1. The molecule has 0 saturated carbocycles. The first-order valence-corrected chi connectivity index (χ1v) is 8.09. The van der Waals surface area contributed by atoms with Gasteiger partial charge in [0.1, 0.15) is 29.5 Å². The topological polar surface area (TPSA) is 91.0 Å². The van der Waals surface area contributed by atoms with Crippen molar-refractivity contribution >= 4 is 0 Å². The summed E-state index contributed by atoms with van der Waals surface area (Å²) in [6.45, 7) is 1.59. The average Bonchev–Trinajstić information content (AvgIpc) is 3.17. The third-order valence-corrected chi connectivity index (χ3v) is 4.96. The van der Waals surface area contributed by atoms with Crippen LogP contribution in [0.5, 0.6) is 0 Å². The Balaban J connectivity index is 1.47. The van der Waals surface area contributed by atoms with Crippen LogP contribution in [-0.4, -0.2) is 33.8 Å². The standard InChI is InChI=1S/C17H17F2N5O/c18-9-1-2-13(19)11(3-9)17-14(21)4-10(8-25-17)24-6-12-15(5-20)22-23-16(12)7-24/h1-3,10,14,17H,4,6-8,21H2,(H,22,23)/t10?,14?,17-/m1/s1. The molecule has 0 spiro atoms. The zero-order valence-corrected chi connectivity index (χ0v) is 13.4. The predicted molar refractivity (Wildman–Crippen MR) is 84.0 cm³/mol. The number of nitrogens with two attached hydrogens (primary N) is 1. The van der Waals surface area contributed by atoms with Crippen LogP contribution in [0.25, 0.3) is 0 Å². The Morgan fingerprint density at radius 3 is 2.96 bits per heavy atom. The lowest BCUT2D eigenvalue weighted by molar-refractivity contribution is -0.0533. The van der Waals surface area contributed by atoms with Crippen LogP contribution in [0.1, 0.15) is 35.0 Å². The lowest BCUT2D eigenvalue weighted by atomic mass is 9.93. The summed E-state index contributed by atoms with van der Waals surface area (Å²) in [5.41, 5.74) is 8.63. The van der Waals surface area contributed by atoms with E-state index in [0.29, 0.717) is 31.8 Å². The van der Waals surface area contributed by atoms with Gasteiger partial charge in [-0.05, 0) is 24.6 Å². The van der Waals surface area contributed by atoms with Crippen molar-refractivity contribution in [2.45, 2.75) is 37.7 Å². The van der Waals surface area contributed by atoms with Gasteiger partial charge in [0.05, 0.1) is 12.3 Å². The highest BCUT2D eigenvalue weighted by atomic mass is 19.1. The van der Waals surface area contributed by atoms with Gasteiger partial charge in [-0.2, -0.15) is 10.4 Å². The molecule has 3 heterocycles. The molecule has 0 amide bonds. The van der Waals surface area contributed by atoms with Crippen molar-refractivity contribution in [3.05, 3.63) is 52.3 Å². The number of aromatic nitrogens is 2. The van der Waals surface area contributed by atoms with Crippen LogP contribution in [0.2, 0.25) is 0 Å². The Bertz CT molecular complexity index is 846. The molecule has 0 radical (unpaired) electrons. The molecule has 4 rings (SSSR count). The first-order valence-electron chi connectivity index (χ1n) is 8.09. The van der Waals surface area contributed by atoms with Crippen LogP contribution in [0.3, 0.4) is 0 Å². The van der Waals surface area contributed by atoms with Crippen LogP contribution in [0.15, 0.2) is 18.2 Å². The van der Waals surface area contributed by atoms with E-state index in [1.165, 1.54) is 0 Å². The van der Waals surface area contributed by atoms with Crippen molar-refractivity contribution in [2.75, 3.05) is 6.61 Å². The highest BCUT2D eigenvalue weighted by Crippen LogP contribution is 2.34. The molecular weight excluding hydrogens is 328 g/mol. The molecule has 0 bridgehead atoms. The summed E-state index contributed by atoms with van der Waals surface area (Å²) in [5.74, 6) is -1.02. The van der Waals surface area contributed by atoms with E-state index in [1.54, 1.807) is 0 Å². The number of halogens is 2. The maximum absolute atomic E-state index is 14.0. The number of nitrogens with one attached hydrogen (secondary N) is 1. The predicted octanol–water partition coefficient (Wildman–Crippen LogP) is 1.73. The second kappa shape index (κ2) is 6.19. The monoisotopic (exact) mass is 345 g/mol. The maximum atomic E-state index is 14.0. The lowest BCUT2D eigenvalue weighted by Gasteiger charge is -2.38. The van der Waals surface area contributed by atoms with Crippen LogP contribution in [0.4, 0.5) is 8.78 Å². The van der Waals surface area contributed by atoms with Gasteiger partial charge in [0.15, 0.2) is 0 Å². The van der Waals surface area contributed by atoms with Crippen LogP contribution < -0.4 is 5.73 Å². The summed E-state index contributed by atoms with van der Waals surface area (Å²) in [7, 11) is 0. The number of hydrogen-bond donors (Lipinski definition) is 2. The molecule has 2 aromatic rings. The minimum absolute atomic E-state index is 0.0450. The third-order valence-electron chi connectivity index (χ3n) is 4.96. The Labute approximate surface area is 143 Å². The Hall–Kier alpha value is -2.34. The molecule has 0 aliphatic carbocycles. The van der Waals surface area contributed by atoms with Gasteiger partial charge in [-0.3, -0.25) is 10.00 Å². The first-order chi connectivity index (χ1) is 12.1. The zero-order chi connectivity index (χ0) is 17.6. The molecule has 1 fully saturated rings. The minimum Gasteiger partial charge on any atom is -0.370 e. The number of aromatic amines is 1. The summed E-state index contributed by atoms with van der Waals surface area (Å²) in [6, 6.07) is 5.02. The van der Waals surface area contributed by atoms with E-state index >= 15 is 0 Å². The Morgan fingerprint density at radius 2 is 2.20 bits per heavy atom. The van der Waals surface area contributed by atoms with Crippen molar-refractivity contribution in [3.8, 4) is 6.07 Å². The van der Waals surface area contributed by atoms with Gasteiger partial charge < -0.3 is 10.5 Å². The van der Waals surface area contributed by atoms with Crippen molar-refractivity contribution in [1.82, 2.24) is 15.1 Å². The molecule has 1 aromatic carbocycles. The molecule has 6 nitrogen and oxygen atoms in total. The number of nitrogens with zero attached hydrogens (tertiary/aromatic N) is 3. The zero-order valence-electron chi connectivity index (χ0n) is 13.4. The smallest absolute Gasteiger partial charge is 0.140 e. The van der Waals surface area contributed by atoms with Gasteiger partial charge in [0.25, 0.3) is 0 Å². The Kier molecular flexibility index (Phi) is 4.00. The minimum atomic E-state index is -0.665. The number of ether oxygens (including phenoxy) is 1. The molecule has 2 aliphatic heterocycles. The molecule has 3 atom stereocenters. The van der Waals surface area contributed by atoms with Crippen molar-refractivity contribution < 1.29 is 13.5 Å². The van der Waals surface area contributed by atoms with Gasteiger partial charge in [0.2, 0.25) is 0 Å². The van der Waals surface area contributed by atoms with E-state index in [1.807, 2.05) is 0 Å². The number of benzene rings is 1. The Morgan fingerprint density at radius 1 is 1.36 bits per heavy atom. The molecular formula is C17H17F2N5O. The maximum Gasteiger partial charge on any atom is 0.140 e. The van der Waals surface area contributed by atoms with Gasteiger partial charge in [-0.15, -0.1) is 0 Å². The van der Waals surface area contributed by atoms with E-state index < -0.39 is 23.8 Å². The fourth-order valence-electron chi connectivity index (χ4n) is 3.66. The number of hydrogen-bond acceptors (Lipinski definition) is 5. The summed E-state index contributed by atoms with van der Waals surface area (Å²) in [5, 5.41) is 16.0. The van der Waals surface area contributed by atoms with Gasteiger partial charge >= 0.3 is 0 Å². The van der Waals surface area contributed by atoms with Crippen LogP contribution in [0, 0.1) is 23.0 Å². The molecule has 8 heteroatoms. The SMILES string of the molecule is N#Cc1[nH]nc2c1CN(C1CO[C@H](c3cc(F)ccc3F)C(N)C1)C2. The average molecular weight is 345 g/mol.